The van der Waals surface area contributed by atoms with Crippen LogP contribution in [0.15, 0.2) is 66.9 Å². The molecule has 1 heterocycles. The molecule has 3 heteroatoms. The maximum atomic E-state index is 5.87. The van der Waals surface area contributed by atoms with E-state index in [1.165, 1.54) is 11.1 Å². The molecule has 0 bridgehead atoms. The molecule has 112 valence electrons. The monoisotopic (exact) mass is 292 g/mol. The maximum absolute atomic E-state index is 5.87. The number of rotatable bonds is 6. The summed E-state index contributed by atoms with van der Waals surface area (Å²) in [6.07, 6.45) is 2.96. The Morgan fingerprint density at radius 1 is 0.909 bits per heavy atom. The fraction of sp³-hybridized carbons (Fsp3) is 0.211. The molecule has 0 atom stereocenters. The minimum atomic E-state index is 0.575. The molecule has 0 saturated heterocycles. The van der Waals surface area contributed by atoms with Gasteiger partial charge < -0.3 is 4.74 Å². The van der Waals surface area contributed by atoms with Gasteiger partial charge in [-0.15, -0.1) is 0 Å². The van der Waals surface area contributed by atoms with Gasteiger partial charge in [-0.1, -0.05) is 60.7 Å². The fourth-order valence-corrected chi connectivity index (χ4v) is 2.38. The summed E-state index contributed by atoms with van der Waals surface area (Å²) in [5.74, 6) is 0.858. The molecule has 0 aliphatic heterocycles. The van der Waals surface area contributed by atoms with Crippen molar-refractivity contribution in [2.45, 2.75) is 26.5 Å². The molecule has 0 fully saturated rings. The summed E-state index contributed by atoms with van der Waals surface area (Å²) < 4.78 is 7.83. The summed E-state index contributed by atoms with van der Waals surface area (Å²) in [5.41, 5.74) is 3.42. The Bertz CT molecular complexity index is 705. The van der Waals surface area contributed by atoms with Gasteiger partial charge in [-0.05, 0) is 24.5 Å². The first-order valence-electron chi connectivity index (χ1n) is 7.56. The molecule has 3 rings (SSSR count). The first-order valence-corrected chi connectivity index (χ1v) is 7.56. The van der Waals surface area contributed by atoms with Gasteiger partial charge in [0.15, 0.2) is 5.75 Å². The van der Waals surface area contributed by atoms with Crippen LogP contribution in [0.2, 0.25) is 0 Å². The summed E-state index contributed by atoms with van der Waals surface area (Å²) in [4.78, 5) is 0. The number of ether oxygens (including phenoxy) is 1. The summed E-state index contributed by atoms with van der Waals surface area (Å²) in [6.45, 7) is 3.42. The first-order chi connectivity index (χ1) is 10.8. The van der Waals surface area contributed by atoms with E-state index in [4.69, 9.17) is 4.74 Å². The molecular formula is C19H20N2O. The van der Waals surface area contributed by atoms with Crippen LogP contribution in [0.4, 0.5) is 0 Å². The average molecular weight is 292 g/mol. The van der Waals surface area contributed by atoms with Crippen molar-refractivity contribution in [2.24, 2.45) is 0 Å². The highest BCUT2D eigenvalue weighted by molar-refractivity contribution is 5.24. The zero-order valence-electron chi connectivity index (χ0n) is 12.8. The van der Waals surface area contributed by atoms with E-state index in [2.05, 4.69) is 41.5 Å². The summed E-state index contributed by atoms with van der Waals surface area (Å²) in [6, 6.07) is 20.6. The number of nitrogens with zero attached hydrogens (tertiary/aromatic N) is 2. The second-order valence-electron chi connectivity index (χ2n) is 5.35. The van der Waals surface area contributed by atoms with Gasteiger partial charge >= 0.3 is 0 Å². The van der Waals surface area contributed by atoms with E-state index in [1.807, 2.05) is 42.1 Å². The lowest BCUT2D eigenvalue weighted by atomic mass is 10.1. The lowest BCUT2D eigenvalue weighted by molar-refractivity contribution is 0.303. The van der Waals surface area contributed by atoms with Crippen molar-refractivity contribution in [2.75, 3.05) is 0 Å². The third kappa shape index (κ3) is 3.76. The molecule has 0 spiro atoms. The van der Waals surface area contributed by atoms with Gasteiger partial charge in [0.25, 0.3) is 0 Å². The number of benzene rings is 2. The van der Waals surface area contributed by atoms with Crippen molar-refractivity contribution in [1.82, 2.24) is 9.78 Å². The predicted molar refractivity (Wildman–Crippen MR) is 87.9 cm³/mol. The Morgan fingerprint density at radius 2 is 1.55 bits per heavy atom. The Hall–Kier alpha value is -2.55. The van der Waals surface area contributed by atoms with Crippen LogP contribution in [-0.4, -0.2) is 9.78 Å². The third-order valence-corrected chi connectivity index (χ3v) is 3.61. The zero-order chi connectivity index (χ0) is 15.2. The van der Waals surface area contributed by atoms with Crippen molar-refractivity contribution in [3.8, 4) is 5.75 Å². The maximum Gasteiger partial charge on any atom is 0.160 e. The van der Waals surface area contributed by atoms with E-state index in [-0.39, 0.29) is 0 Å². The minimum absolute atomic E-state index is 0.575. The van der Waals surface area contributed by atoms with E-state index in [0.29, 0.717) is 6.61 Å². The van der Waals surface area contributed by atoms with Crippen molar-refractivity contribution < 1.29 is 4.74 Å². The average Bonchev–Trinajstić information content (AvgIpc) is 2.93. The van der Waals surface area contributed by atoms with Crippen LogP contribution in [0.5, 0.6) is 5.75 Å². The molecule has 0 aliphatic carbocycles. The van der Waals surface area contributed by atoms with Crippen LogP contribution in [0, 0.1) is 6.92 Å². The lowest BCUT2D eigenvalue weighted by Crippen LogP contribution is -2.01. The summed E-state index contributed by atoms with van der Waals surface area (Å²) in [7, 11) is 0. The van der Waals surface area contributed by atoms with Crippen molar-refractivity contribution in [1.29, 1.82) is 0 Å². The highest BCUT2D eigenvalue weighted by Crippen LogP contribution is 2.17. The van der Waals surface area contributed by atoms with E-state index in [1.54, 1.807) is 0 Å². The van der Waals surface area contributed by atoms with E-state index < -0.39 is 0 Å². The zero-order valence-corrected chi connectivity index (χ0v) is 12.8. The van der Waals surface area contributed by atoms with Crippen molar-refractivity contribution in [3.63, 3.8) is 0 Å². The van der Waals surface area contributed by atoms with E-state index >= 15 is 0 Å². The van der Waals surface area contributed by atoms with Gasteiger partial charge in [-0.3, -0.25) is 4.68 Å². The number of hydrogen-bond donors (Lipinski definition) is 0. The molecule has 0 N–H and O–H groups in total. The van der Waals surface area contributed by atoms with Gasteiger partial charge in [-0.25, -0.2) is 0 Å². The largest absolute Gasteiger partial charge is 0.485 e. The van der Waals surface area contributed by atoms with Gasteiger partial charge in [0, 0.05) is 6.54 Å². The number of aryl methyl sites for hydroxylation is 3. The van der Waals surface area contributed by atoms with Crippen LogP contribution in [0.1, 0.15) is 16.8 Å². The molecule has 0 amide bonds. The fourth-order valence-electron chi connectivity index (χ4n) is 2.38. The number of aromatic nitrogens is 2. The molecule has 0 unspecified atom stereocenters. The standard InChI is InChI=1S/C19H20N2O/c1-16-19(22-15-18-10-6-3-7-11-18)14-21(20-16)13-12-17-8-4-2-5-9-17/h2-11,14H,12-13,15H2,1H3. The van der Waals surface area contributed by atoms with E-state index in [9.17, 15) is 0 Å². The van der Waals surface area contributed by atoms with Gasteiger partial charge in [0.05, 0.1) is 6.20 Å². The predicted octanol–water partition coefficient (Wildman–Crippen LogP) is 4.01. The quantitative estimate of drug-likeness (QED) is 0.686. The van der Waals surface area contributed by atoms with E-state index in [0.717, 1.165) is 24.4 Å². The highest BCUT2D eigenvalue weighted by atomic mass is 16.5. The van der Waals surface area contributed by atoms with Crippen molar-refractivity contribution in [3.05, 3.63) is 83.7 Å². The Labute approximate surface area is 131 Å². The summed E-state index contributed by atoms with van der Waals surface area (Å²) >= 11 is 0. The molecule has 22 heavy (non-hydrogen) atoms. The second kappa shape index (κ2) is 6.94. The Kier molecular flexibility index (Phi) is 4.54. The smallest absolute Gasteiger partial charge is 0.160 e. The summed E-state index contributed by atoms with van der Waals surface area (Å²) in [5, 5.41) is 4.53. The molecule has 2 aromatic carbocycles. The molecule has 0 saturated carbocycles. The van der Waals surface area contributed by atoms with Gasteiger partial charge in [0.2, 0.25) is 0 Å². The lowest BCUT2D eigenvalue weighted by Gasteiger charge is -2.04. The van der Waals surface area contributed by atoms with Crippen LogP contribution in [-0.2, 0) is 19.6 Å². The van der Waals surface area contributed by atoms with Gasteiger partial charge in [-0.2, -0.15) is 5.10 Å². The molecular weight excluding hydrogens is 272 g/mol. The Balaban J connectivity index is 1.59. The highest BCUT2D eigenvalue weighted by Gasteiger charge is 2.06. The number of hydrogen-bond acceptors (Lipinski definition) is 2. The van der Waals surface area contributed by atoms with Crippen LogP contribution >= 0.6 is 0 Å². The van der Waals surface area contributed by atoms with Crippen molar-refractivity contribution >= 4 is 0 Å². The molecule has 3 aromatic rings. The molecule has 3 nitrogen and oxygen atoms in total. The van der Waals surface area contributed by atoms with Crippen LogP contribution < -0.4 is 4.74 Å². The van der Waals surface area contributed by atoms with Crippen LogP contribution in [0.3, 0.4) is 0 Å². The topological polar surface area (TPSA) is 27.1 Å². The van der Waals surface area contributed by atoms with Crippen LogP contribution in [0.25, 0.3) is 0 Å². The Morgan fingerprint density at radius 3 is 2.23 bits per heavy atom. The SMILES string of the molecule is Cc1nn(CCc2ccccc2)cc1OCc1ccccc1. The normalized spacial score (nSPS) is 10.6. The molecule has 0 aliphatic rings. The molecule has 0 radical (unpaired) electrons. The first kappa shape index (κ1) is 14.4. The minimum Gasteiger partial charge on any atom is -0.485 e. The second-order valence-corrected chi connectivity index (χ2v) is 5.35. The third-order valence-electron chi connectivity index (χ3n) is 3.61. The van der Waals surface area contributed by atoms with Gasteiger partial charge in [0.1, 0.15) is 12.3 Å². The molecule has 1 aromatic heterocycles.